The van der Waals surface area contributed by atoms with E-state index in [1.165, 1.54) is 90.4 Å². The number of nitrogens with two attached hydrogens (primary N) is 2. The molecule has 0 aliphatic heterocycles. The van der Waals surface area contributed by atoms with E-state index in [2.05, 4.69) is 12.2 Å². The highest BCUT2D eigenvalue weighted by molar-refractivity contribution is 5.87. The maximum absolute atomic E-state index is 12.2. The normalized spacial score (nSPS) is 12.4. The van der Waals surface area contributed by atoms with E-state index in [1.54, 1.807) is 0 Å². The van der Waals surface area contributed by atoms with Crippen LogP contribution < -0.4 is 16.8 Å². The van der Waals surface area contributed by atoms with Gasteiger partial charge in [0.25, 0.3) is 0 Å². The van der Waals surface area contributed by atoms with Gasteiger partial charge in [0.05, 0.1) is 12.6 Å². The van der Waals surface area contributed by atoms with Gasteiger partial charge in [0.2, 0.25) is 11.8 Å². The number of ether oxygens (including phenoxy) is 1. The molecule has 0 aromatic carbocycles. The Balaban J connectivity index is 0. The van der Waals surface area contributed by atoms with Gasteiger partial charge in [0, 0.05) is 6.42 Å². The van der Waals surface area contributed by atoms with Gasteiger partial charge < -0.3 is 21.5 Å². The summed E-state index contributed by atoms with van der Waals surface area (Å²) >= 11 is 0. The Hall–Kier alpha value is -1.34. The van der Waals surface area contributed by atoms with Crippen LogP contribution in [0.1, 0.15) is 129 Å². The highest BCUT2D eigenvalue weighted by atomic mass is 35.5. The lowest BCUT2D eigenvalue weighted by atomic mass is 10.0. The van der Waals surface area contributed by atoms with Crippen molar-refractivity contribution in [1.82, 2.24) is 5.32 Å². The summed E-state index contributed by atoms with van der Waals surface area (Å²) in [6, 6.07) is -1.63. The second-order valence-corrected chi connectivity index (χ2v) is 9.33. The van der Waals surface area contributed by atoms with Gasteiger partial charge in [-0.05, 0) is 19.8 Å². The van der Waals surface area contributed by atoms with Gasteiger partial charge in [-0.2, -0.15) is 0 Å². The molecule has 0 aliphatic rings. The smallest absolute Gasteiger partial charge is 0.328 e. The first-order chi connectivity index (χ1) is 15.9. The Morgan fingerprint density at radius 1 is 0.765 bits per heavy atom. The number of esters is 1. The number of hydrogen-bond acceptors (Lipinski definition) is 5. The van der Waals surface area contributed by atoms with Gasteiger partial charge in [-0.3, -0.25) is 9.59 Å². The molecule has 5 N–H and O–H groups in total. The summed E-state index contributed by atoms with van der Waals surface area (Å²) in [6.07, 6.45) is 20.7. The van der Waals surface area contributed by atoms with Gasteiger partial charge >= 0.3 is 5.97 Å². The van der Waals surface area contributed by atoms with Crippen molar-refractivity contribution in [3.8, 4) is 0 Å². The molecule has 2 amide bonds. The van der Waals surface area contributed by atoms with Crippen LogP contribution in [0.15, 0.2) is 0 Å². The van der Waals surface area contributed by atoms with Crippen LogP contribution in [-0.4, -0.2) is 36.5 Å². The molecule has 0 fully saturated rings. The van der Waals surface area contributed by atoms with Gasteiger partial charge in [-0.25, -0.2) is 4.79 Å². The second-order valence-electron chi connectivity index (χ2n) is 9.33. The van der Waals surface area contributed by atoms with Crippen molar-refractivity contribution in [3.63, 3.8) is 0 Å². The number of carbonyl (C=O) groups excluding carboxylic acids is 3. The third-order valence-corrected chi connectivity index (χ3v) is 5.94. The molecule has 0 radical (unpaired) electrons. The van der Waals surface area contributed by atoms with Crippen LogP contribution in [0.25, 0.3) is 0 Å². The van der Waals surface area contributed by atoms with Crippen molar-refractivity contribution in [1.29, 1.82) is 0 Å². The first-order valence-electron chi connectivity index (χ1n) is 13.4. The summed E-state index contributed by atoms with van der Waals surface area (Å²) in [7, 11) is 0. The molecule has 0 rings (SSSR count). The van der Waals surface area contributed by atoms with E-state index in [4.69, 9.17) is 16.2 Å². The predicted molar refractivity (Wildman–Crippen MR) is 142 cm³/mol. The summed E-state index contributed by atoms with van der Waals surface area (Å²) in [5, 5.41) is 2.53. The number of unbranched alkanes of at least 4 members (excludes halogenated alkanes) is 15. The number of carbonyl (C=O) groups is 3. The summed E-state index contributed by atoms with van der Waals surface area (Å²) in [5.41, 5.74) is 10.7. The van der Waals surface area contributed by atoms with E-state index < -0.39 is 29.9 Å². The van der Waals surface area contributed by atoms with Gasteiger partial charge in [0.1, 0.15) is 6.04 Å². The Bertz CT molecular complexity index is 518. The summed E-state index contributed by atoms with van der Waals surface area (Å²) in [5.74, 6) is -1.52. The fraction of sp³-hybridized carbons (Fsp3) is 0.885. The van der Waals surface area contributed by atoms with E-state index in [0.29, 0.717) is 6.61 Å². The van der Waals surface area contributed by atoms with E-state index in [-0.39, 0.29) is 25.2 Å². The molecule has 202 valence electrons. The zero-order valence-corrected chi connectivity index (χ0v) is 22.6. The minimum Gasteiger partial charge on any atom is -0.464 e. The Kier molecular flexibility index (Phi) is 25.4. The summed E-state index contributed by atoms with van der Waals surface area (Å²) in [4.78, 5) is 35.0. The number of halogens is 1. The molecule has 2 atom stereocenters. The fourth-order valence-electron chi connectivity index (χ4n) is 3.76. The molecule has 0 aliphatic carbocycles. The average Bonchev–Trinajstić information content (AvgIpc) is 2.78. The van der Waals surface area contributed by atoms with Crippen LogP contribution >= 0.6 is 12.4 Å². The maximum Gasteiger partial charge on any atom is 0.328 e. The van der Waals surface area contributed by atoms with Crippen LogP contribution in [0.5, 0.6) is 0 Å². The van der Waals surface area contributed by atoms with Crippen molar-refractivity contribution < 1.29 is 19.1 Å². The van der Waals surface area contributed by atoms with Gasteiger partial charge in [-0.1, -0.05) is 103 Å². The van der Waals surface area contributed by atoms with Crippen LogP contribution in [0.2, 0.25) is 0 Å². The van der Waals surface area contributed by atoms with Crippen LogP contribution in [-0.2, 0) is 19.1 Å². The molecule has 0 aromatic heterocycles. The van der Waals surface area contributed by atoms with E-state index >= 15 is 0 Å². The SMILES string of the molecule is CCCCCCCCCCCCCCCCCCOC(=O)[C@@H](CCC(N)=O)NC(=O)[C@@H](C)N.Cl. The molecule has 0 unspecified atom stereocenters. The largest absolute Gasteiger partial charge is 0.464 e. The first kappa shape index (κ1) is 34.8. The lowest BCUT2D eigenvalue weighted by Crippen LogP contribution is -2.48. The molecule has 7 nitrogen and oxygen atoms in total. The standard InChI is InChI=1S/C26H51N3O4.ClH/c1-3-4-5-6-7-8-9-10-11-12-13-14-15-16-17-18-21-33-26(32)23(19-20-24(28)30)29-25(31)22(2)27;/h22-23H,3-21,27H2,1-2H3,(H2,28,30)(H,29,31);1H/t22-,23-;/m1./s1. The third-order valence-electron chi connectivity index (χ3n) is 5.94. The number of rotatable bonds is 23. The van der Waals surface area contributed by atoms with E-state index in [1.807, 2.05) is 0 Å². The monoisotopic (exact) mass is 505 g/mol. The zero-order valence-electron chi connectivity index (χ0n) is 21.8. The molecule has 34 heavy (non-hydrogen) atoms. The van der Waals surface area contributed by atoms with E-state index in [0.717, 1.165) is 19.3 Å². The molecule has 0 heterocycles. The minimum absolute atomic E-state index is 0. The van der Waals surface area contributed by atoms with Crippen molar-refractivity contribution in [3.05, 3.63) is 0 Å². The number of nitrogens with one attached hydrogen (secondary N) is 1. The lowest BCUT2D eigenvalue weighted by molar-refractivity contribution is -0.148. The molecule has 0 saturated carbocycles. The van der Waals surface area contributed by atoms with Crippen molar-refractivity contribution in [2.24, 2.45) is 11.5 Å². The fourth-order valence-corrected chi connectivity index (χ4v) is 3.76. The van der Waals surface area contributed by atoms with Gasteiger partial charge in [-0.15, -0.1) is 12.4 Å². The molecule has 0 saturated heterocycles. The number of hydrogen-bond donors (Lipinski definition) is 3. The number of amides is 2. The number of primary amides is 1. The average molecular weight is 506 g/mol. The van der Waals surface area contributed by atoms with Gasteiger partial charge in [0.15, 0.2) is 0 Å². The van der Waals surface area contributed by atoms with Crippen LogP contribution in [0.4, 0.5) is 0 Å². The van der Waals surface area contributed by atoms with Crippen molar-refractivity contribution >= 4 is 30.2 Å². The van der Waals surface area contributed by atoms with E-state index in [9.17, 15) is 14.4 Å². The summed E-state index contributed by atoms with van der Waals surface area (Å²) in [6.45, 7) is 4.11. The molecule has 0 spiro atoms. The molecular weight excluding hydrogens is 454 g/mol. The molecule has 8 heteroatoms. The molecule has 0 aromatic rings. The van der Waals surface area contributed by atoms with Crippen LogP contribution in [0, 0.1) is 0 Å². The highest BCUT2D eigenvalue weighted by Gasteiger charge is 2.24. The molecule has 0 bridgehead atoms. The third kappa shape index (κ3) is 22.5. The Morgan fingerprint density at radius 2 is 1.18 bits per heavy atom. The maximum atomic E-state index is 12.2. The lowest BCUT2D eigenvalue weighted by Gasteiger charge is -2.18. The van der Waals surface area contributed by atoms with Crippen LogP contribution in [0.3, 0.4) is 0 Å². The highest BCUT2D eigenvalue weighted by Crippen LogP contribution is 2.13. The molecular formula is C26H52ClN3O4. The quantitative estimate of drug-likeness (QED) is 0.128. The zero-order chi connectivity index (χ0) is 24.7. The second kappa shape index (κ2) is 24.8. The Labute approximate surface area is 214 Å². The minimum atomic E-state index is -0.892. The summed E-state index contributed by atoms with van der Waals surface area (Å²) < 4.78 is 5.29. The van der Waals surface area contributed by atoms with Crippen molar-refractivity contribution in [2.45, 2.75) is 142 Å². The predicted octanol–water partition coefficient (Wildman–Crippen LogP) is 5.31. The Morgan fingerprint density at radius 3 is 1.56 bits per heavy atom. The first-order valence-corrected chi connectivity index (χ1v) is 13.4. The van der Waals surface area contributed by atoms with Crippen molar-refractivity contribution in [2.75, 3.05) is 6.61 Å². The topological polar surface area (TPSA) is 125 Å².